The van der Waals surface area contributed by atoms with Crippen molar-refractivity contribution in [3.8, 4) is 0 Å². The first-order valence-corrected chi connectivity index (χ1v) is 7.22. The van der Waals surface area contributed by atoms with Crippen LogP contribution in [0.25, 0.3) is 0 Å². The molecule has 6 nitrogen and oxygen atoms in total. The summed E-state index contributed by atoms with van der Waals surface area (Å²) in [6, 6.07) is 0.233. The van der Waals surface area contributed by atoms with E-state index in [-0.39, 0.29) is 22.9 Å². The third-order valence-corrected chi connectivity index (χ3v) is 4.70. The minimum absolute atomic E-state index is 0.0892. The van der Waals surface area contributed by atoms with Gasteiger partial charge in [0.1, 0.15) is 0 Å². The molecule has 3 heterocycles. The second-order valence-electron chi connectivity index (χ2n) is 4.98. The summed E-state index contributed by atoms with van der Waals surface area (Å²) in [7, 11) is 0. The first kappa shape index (κ1) is 12.6. The molecule has 0 saturated carbocycles. The van der Waals surface area contributed by atoms with E-state index in [1.807, 2.05) is 0 Å². The number of hydrogen-bond acceptors (Lipinski definition) is 5. The van der Waals surface area contributed by atoms with Crippen LogP contribution in [-0.4, -0.2) is 46.0 Å². The fraction of sp³-hybridized carbons (Fsp3) is 0.583. The van der Waals surface area contributed by atoms with Crippen LogP contribution in [0.2, 0.25) is 0 Å². The van der Waals surface area contributed by atoms with Gasteiger partial charge in [0.25, 0.3) is 0 Å². The first-order valence-electron chi connectivity index (χ1n) is 6.34. The highest BCUT2D eigenvalue weighted by Gasteiger charge is 2.40. The van der Waals surface area contributed by atoms with Crippen LogP contribution in [-0.2, 0) is 11.3 Å². The highest BCUT2D eigenvalue weighted by atomic mass is 32.1. The number of carbonyl (C=O) groups excluding carboxylic acids is 1. The second-order valence-corrected chi connectivity index (χ2v) is 5.84. The molecule has 2 atom stereocenters. The summed E-state index contributed by atoms with van der Waals surface area (Å²) in [5, 5.41) is 13.7. The average Bonchev–Trinajstić information content (AvgIpc) is 2.98. The molecule has 2 unspecified atom stereocenters. The molecular weight excluding hydrogens is 266 g/mol. The number of hydrogen-bond donors (Lipinski definition) is 2. The lowest BCUT2D eigenvalue weighted by Gasteiger charge is -2.35. The van der Waals surface area contributed by atoms with Crippen molar-refractivity contribution in [2.75, 3.05) is 13.1 Å². The summed E-state index contributed by atoms with van der Waals surface area (Å²) in [5.41, 5.74) is 0.780. The molecule has 2 aliphatic heterocycles. The number of aromatic nitrogens is 1. The van der Waals surface area contributed by atoms with Crippen molar-refractivity contribution in [2.45, 2.75) is 25.4 Å². The molecule has 0 radical (unpaired) electrons. The Hall–Kier alpha value is -1.47. The van der Waals surface area contributed by atoms with Crippen molar-refractivity contribution in [2.24, 2.45) is 5.92 Å². The number of carboxylic acid groups (broad SMARTS) is 1. The molecule has 19 heavy (non-hydrogen) atoms. The van der Waals surface area contributed by atoms with E-state index < -0.39 is 5.97 Å². The molecule has 0 aromatic carbocycles. The number of fused-ring (bicyclic) bond motifs is 1. The van der Waals surface area contributed by atoms with Gasteiger partial charge in [0, 0.05) is 24.5 Å². The Morgan fingerprint density at radius 3 is 3.21 bits per heavy atom. The van der Waals surface area contributed by atoms with Crippen LogP contribution < -0.4 is 5.32 Å². The highest BCUT2D eigenvalue weighted by molar-refractivity contribution is 7.11. The third kappa shape index (κ3) is 2.35. The predicted octanol–water partition coefficient (Wildman–Crippen LogP) is 0.552. The van der Waals surface area contributed by atoms with Crippen molar-refractivity contribution >= 4 is 23.2 Å². The van der Waals surface area contributed by atoms with Crippen LogP contribution >= 0.6 is 11.3 Å². The van der Waals surface area contributed by atoms with Gasteiger partial charge >= 0.3 is 5.97 Å². The summed E-state index contributed by atoms with van der Waals surface area (Å²) in [5.74, 6) is -0.740. The Kier molecular flexibility index (Phi) is 3.24. The van der Waals surface area contributed by atoms with E-state index in [0.29, 0.717) is 13.1 Å². The van der Waals surface area contributed by atoms with Gasteiger partial charge in [-0.15, -0.1) is 11.3 Å². The standard InChI is InChI=1S/C12H15N3O3S/c16-10-8-2-1-3-15(9(8)4-13-10)5-7-6-19-11(14-7)12(17)18/h6,8-9H,1-5H2,(H,13,16)(H,17,18). The fourth-order valence-corrected chi connectivity index (χ4v) is 3.57. The zero-order chi connectivity index (χ0) is 13.4. The minimum Gasteiger partial charge on any atom is -0.476 e. The number of likely N-dealkylation sites (tertiary alicyclic amines) is 1. The van der Waals surface area contributed by atoms with E-state index in [1.165, 1.54) is 0 Å². The summed E-state index contributed by atoms with van der Waals surface area (Å²) in [6.45, 7) is 2.26. The number of nitrogens with zero attached hydrogens (tertiary/aromatic N) is 2. The maximum Gasteiger partial charge on any atom is 0.365 e. The quantitative estimate of drug-likeness (QED) is 0.845. The lowest BCUT2D eigenvalue weighted by molar-refractivity contribution is -0.124. The molecule has 7 heteroatoms. The molecular formula is C12H15N3O3S. The van der Waals surface area contributed by atoms with Crippen LogP contribution in [0.1, 0.15) is 28.3 Å². The normalized spacial score (nSPS) is 27.1. The lowest BCUT2D eigenvalue weighted by Crippen LogP contribution is -2.44. The molecule has 0 aliphatic carbocycles. The molecule has 2 fully saturated rings. The van der Waals surface area contributed by atoms with Gasteiger partial charge in [-0.3, -0.25) is 9.69 Å². The number of carbonyl (C=O) groups is 2. The predicted molar refractivity (Wildman–Crippen MR) is 69.0 cm³/mol. The number of nitrogens with one attached hydrogen (secondary N) is 1. The molecule has 1 amide bonds. The van der Waals surface area contributed by atoms with Gasteiger partial charge in [-0.2, -0.15) is 0 Å². The third-order valence-electron chi connectivity index (χ3n) is 3.82. The van der Waals surface area contributed by atoms with Crippen LogP contribution in [0.3, 0.4) is 0 Å². The number of rotatable bonds is 3. The molecule has 2 aliphatic rings. The van der Waals surface area contributed by atoms with Gasteiger partial charge in [0.15, 0.2) is 0 Å². The van der Waals surface area contributed by atoms with Crippen LogP contribution in [0.15, 0.2) is 5.38 Å². The number of piperidine rings is 1. The van der Waals surface area contributed by atoms with Crippen molar-refractivity contribution in [1.82, 2.24) is 15.2 Å². The number of aromatic carboxylic acids is 1. The van der Waals surface area contributed by atoms with E-state index in [2.05, 4.69) is 15.2 Å². The largest absolute Gasteiger partial charge is 0.476 e. The van der Waals surface area contributed by atoms with Crippen molar-refractivity contribution < 1.29 is 14.7 Å². The summed E-state index contributed by atoms with van der Waals surface area (Å²) in [4.78, 5) is 28.8. The van der Waals surface area contributed by atoms with E-state index >= 15 is 0 Å². The molecule has 1 aromatic rings. The second kappa shape index (κ2) is 4.90. The molecule has 0 spiro atoms. The number of carboxylic acids is 1. The Balaban J connectivity index is 1.71. The van der Waals surface area contributed by atoms with E-state index in [4.69, 9.17) is 5.11 Å². The zero-order valence-corrected chi connectivity index (χ0v) is 11.2. The molecule has 3 rings (SSSR count). The Labute approximate surface area is 114 Å². The van der Waals surface area contributed by atoms with Gasteiger partial charge in [0.05, 0.1) is 11.6 Å². The number of thiazole rings is 1. The van der Waals surface area contributed by atoms with Crippen LogP contribution in [0.5, 0.6) is 0 Å². The maximum absolute atomic E-state index is 11.7. The van der Waals surface area contributed by atoms with Gasteiger partial charge in [-0.05, 0) is 19.4 Å². The summed E-state index contributed by atoms with van der Waals surface area (Å²) in [6.07, 6.45) is 1.95. The van der Waals surface area contributed by atoms with Gasteiger partial charge in [-0.1, -0.05) is 0 Å². The van der Waals surface area contributed by atoms with Crippen molar-refractivity contribution in [3.05, 3.63) is 16.1 Å². The van der Waals surface area contributed by atoms with Crippen molar-refractivity contribution in [1.29, 1.82) is 0 Å². The first-order chi connectivity index (χ1) is 9.15. The summed E-state index contributed by atoms with van der Waals surface area (Å²) < 4.78 is 0. The SMILES string of the molecule is O=C(O)c1nc(CN2CCCC3C(=O)NCC32)cs1. The average molecular weight is 281 g/mol. The smallest absolute Gasteiger partial charge is 0.365 e. The van der Waals surface area contributed by atoms with Gasteiger partial charge in [0.2, 0.25) is 10.9 Å². The molecule has 102 valence electrons. The molecule has 1 aromatic heterocycles. The fourth-order valence-electron chi connectivity index (χ4n) is 2.92. The van der Waals surface area contributed by atoms with Gasteiger partial charge < -0.3 is 10.4 Å². The molecule has 2 N–H and O–H groups in total. The molecule has 2 saturated heterocycles. The minimum atomic E-state index is -0.981. The monoisotopic (exact) mass is 281 g/mol. The zero-order valence-electron chi connectivity index (χ0n) is 10.3. The lowest BCUT2D eigenvalue weighted by atomic mass is 9.91. The van der Waals surface area contributed by atoms with E-state index in [1.54, 1.807) is 5.38 Å². The topological polar surface area (TPSA) is 82.5 Å². The van der Waals surface area contributed by atoms with Crippen molar-refractivity contribution in [3.63, 3.8) is 0 Å². The van der Waals surface area contributed by atoms with Crippen LogP contribution in [0, 0.1) is 5.92 Å². The van der Waals surface area contributed by atoms with E-state index in [9.17, 15) is 9.59 Å². The van der Waals surface area contributed by atoms with Gasteiger partial charge in [-0.25, -0.2) is 9.78 Å². The summed E-state index contributed by atoms with van der Waals surface area (Å²) >= 11 is 1.15. The Morgan fingerprint density at radius 1 is 1.63 bits per heavy atom. The molecule has 0 bridgehead atoms. The maximum atomic E-state index is 11.7. The van der Waals surface area contributed by atoms with Crippen LogP contribution in [0.4, 0.5) is 0 Å². The Bertz CT molecular complexity index is 516. The number of amides is 1. The Morgan fingerprint density at radius 2 is 2.47 bits per heavy atom. The highest BCUT2D eigenvalue weighted by Crippen LogP contribution is 2.28. The van der Waals surface area contributed by atoms with E-state index in [0.717, 1.165) is 36.4 Å².